The topological polar surface area (TPSA) is 98.4 Å². The van der Waals surface area contributed by atoms with Crippen LogP contribution in [0.25, 0.3) is 11.1 Å². The van der Waals surface area contributed by atoms with Crippen molar-refractivity contribution in [2.45, 2.75) is 64.0 Å². The number of ether oxygens (including phenoxy) is 1. The number of benzene rings is 2. The van der Waals surface area contributed by atoms with Crippen LogP contribution >= 0.6 is 0 Å². The Labute approximate surface area is 234 Å². The van der Waals surface area contributed by atoms with Gasteiger partial charge in [0.25, 0.3) is 0 Å². The molecule has 0 atom stereocenters. The first kappa shape index (κ1) is 26.6. The lowest BCUT2D eigenvalue weighted by molar-refractivity contribution is -0.150. The minimum atomic E-state index is -0.725. The van der Waals surface area contributed by atoms with Crippen molar-refractivity contribution in [1.29, 1.82) is 5.26 Å². The summed E-state index contributed by atoms with van der Waals surface area (Å²) in [5.74, 6) is 0.871. The summed E-state index contributed by atoms with van der Waals surface area (Å²) in [6.45, 7) is 7.94. The van der Waals surface area contributed by atoms with E-state index in [0.717, 1.165) is 67.2 Å². The van der Waals surface area contributed by atoms with Crippen molar-refractivity contribution in [3.8, 4) is 22.9 Å². The summed E-state index contributed by atoms with van der Waals surface area (Å²) in [5.41, 5.74) is 3.06. The van der Waals surface area contributed by atoms with Gasteiger partial charge in [-0.1, -0.05) is 17.3 Å². The third-order valence-electron chi connectivity index (χ3n) is 8.89. The molecule has 3 fully saturated rings. The van der Waals surface area contributed by atoms with Crippen molar-refractivity contribution >= 4 is 11.8 Å². The van der Waals surface area contributed by atoms with Crippen LogP contribution in [0.15, 0.2) is 35.5 Å². The van der Waals surface area contributed by atoms with Crippen LogP contribution < -0.4 is 4.74 Å². The first-order chi connectivity index (χ1) is 19.2. The van der Waals surface area contributed by atoms with Gasteiger partial charge in [-0.25, -0.2) is 4.39 Å². The Morgan fingerprint density at radius 3 is 2.62 bits per heavy atom. The summed E-state index contributed by atoms with van der Waals surface area (Å²) in [4.78, 5) is 22.1. The zero-order valence-corrected chi connectivity index (χ0v) is 23.1. The Morgan fingerprint density at radius 1 is 1.25 bits per heavy atom. The summed E-state index contributed by atoms with van der Waals surface area (Å²) in [5, 5.41) is 23.1. The maximum Gasteiger partial charge on any atom is 0.309 e. The maximum absolute atomic E-state index is 14.5. The van der Waals surface area contributed by atoms with Crippen molar-refractivity contribution in [2.24, 2.45) is 10.6 Å². The number of aliphatic carboxylic acids is 1. The Balaban J connectivity index is 1.14. The molecule has 3 aliphatic heterocycles. The van der Waals surface area contributed by atoms with Gasteiger partial charge >= 0.3 is 5.97 Å². The Bertz CT molecular complexity index is 1400. The van der Waals surface area contributed by atoms with Crippen molar-refractivity contribution in [2.75, 3.05) is 32.8 Å². The Kier molecular flexibility index (Phi) is 6.70. The average molecular weight is 547 g/mol. The van der Waals surface area contributed by atoms with Crippen LogP contribution in [0.5, 0.6) is 5.75 Å². The molecule has 8 nitrogen and oxygen atoms in total. The summed E-state index contributed by atoms with van der Waals surface area (Å²) in [7, 11) is 0. The zero-order chi connectivity index (χ0) is 28.1. The van der Waals surface area contributed by atoms with Crippen LogP contribution in [0.3, 0.4) is 0 Å². The fourth-order valence-electron chi connectivity index (χ4n) is 6.30. The molecule has 0 radical (unpaired) electrons. The highest BCUT2D eigenvalue weighted by Gasteiger charge is 2.51. The predicted octanol–water partition coefficient (Wildman–Crippen LogP) is 5.12. The summed E-state index contributed by atoms with van der Waals surface area (Å²) < 4.78 is 20.6. The van der Waals surface area contributed by atoms with E-state index in [1.54, 1.807) is 0 Å². The number of halogens is 1. The fraction of sp³-hybridized carbons (Fsp3) is 0.516. The van der Waals surface area contributed by atoms with Crippen LogP contribution in [0.1, 0.15) is 68.6 Å². The highest BCUT2D eigenvalue weighted by Crippen LogP contribution is 2.49. The van der Waals surface area contributed by atoms with E-state index in [9.17, 15) is 14.3 Å². The second kappa shape index (κ2) is 10.1. The fourth-order valence-corrected chi connectivity index (χ4v) is 6.30. The van der Waals surface area contributed by atoms with Crippen LogP contribution in [-0.4, -0.2) is 65.1 Å². The van der Waals surface area contributed by atoms with E-state index in [4.69, 9.17) is 14.8 Å². The number of piperidine rings is 1. The minimum Gasteiger partial charge on any atom is -0.493 e. The summed E-state index contributed by atoms with van der Waals surface area (Å²) in [6, 6.07) is 11.0. The predicted molar refractivity (Wildman–Crippen MR) is 147 cm³/mol. The number of carboxylic acid groups (broad SMARTS) is 1. The summed E-state index contributed by atoms with van der Waals surface area (Å²) in [6.07, 6.45) is 4.16. The van der Waals surface area contributed by atoms with Crippen LogP contribution in [0.2, 0.25) is 0 Å². The van der Waals surface area contributed by atoms with Gasteiger partial charge in [-0.3, -0.25) is 9.69 Å². The van der Waals surface area contributed by atoms with Crippen LogP contribution in [0, 0.1) is 22.6 Å². The normalized spacial score (nSPS) is 21.4. The van der Waals surface area contributed by atoms with Crippen molar-refractivity contribution in [1.82, 2.24) is 9.80 Å². The van der Waals surface area contributed by atoms with Gasteiger partial charge in [0.1, 0.15) is 23.5 Å². The molecule has 2 saturated heterocycles. The minimum absolute atomic E-state index is 0.0401. The smallest absolute Gasteiger partial charge is 0.309 e. The van der Waals surface area contributed by atoms with E-state index in [2.05, 4.69) is 27.1 Å². The lowest BCUT2D eigenvalue weighted by Crippen LogP contribution is -2.61. The molecule has 1 N–H and O–H groups in total. The number of carboxylic acids is 1. The molecule has 1 saturated carbocycles. The van der Waals surface area contributed by atoms with E-state index in [0.29, 0.717) is 38.5 Å². The Morgan fingerprint density at radius 2 is 2.00 bits per heavy atom. The second-order valence-electron chi connectivity index (χ2n) is 12.0. The standard InChI is InChI=1S/C31H35FN4O4/c1-3-39-26-13-20(12-24(21-4-5-21)28(26)22-6-7-23(16-33)25(32)14-22)17-35-18-31(19-35)15-27(34-40-31)36-10-8-30(2,9-11-36)29(37)38/h6-7,12-14,21H,3-5,8-11,15,17-19H2,1-2H3,(H,37,38). The molecule has 9 heteroatoms. The molecule has 6 rings (SSSR count). The van der Waals surface area contributed by atoms with Gasteiger partial charge in [-0.15, -0.1) is 0 Å². The molecule has 1 aliphatic carbocycles. The molecule has 0 aromatic heterocycles. The summed E-state index contributed by atoms with van der Waals surface area (Å²) >= 11 is 0. The van der Waals surface area contributed by atoms with E-state index < -0.39 is 17.2 Å². The van der Waals surface area contributed by atoms with E-state index in [1.807, 2.05) is 26.0 Å². The molecule has 2 aromatic carbocycles. The van der Waals surface area contributed by atoms with Gasteiger partial charge in [-0.2, -0.15) is 5.26 Å². The van der Waals surface area contributed by atoms with Crippen molar-refractivity contribution in [3.05, 3.63) is 52.8 Å². The number of hydrogen-bond acceptors (Lipinski definition) is 7. The van der Waals surface area contributed by atoms with Gasteiger partial charge < -0.3 is 19.6 Å². The lowest BCUT2D eigenvalue weighted by atomic mass is 9.80. The number of nitriles is 1. The third kappa shape index (κ3) is 4.90. The van der Waals surface area contributed by atoms with E-state index >= 15 is 0 Å². The number of amidine groups is 1. The van der Waals surface area contributed by atoms with Gasteiger partial charge in [0.2, 0.25) is 0 Å². The molecule has 4 aliphatic rings. The zero-order valence-electron chi connectivity index (χ0n) is 23.1. The second-order valence-corrected chi connectivity index (χ2v) is 12.0. The first-order valence-corrected chi connectivity index (χ1v) is 14.2. The first-order valence-electron chi connectivity index (χ1n) is 14.2. The van der Waals surface area contributed by atoms with Crippen molar-refractivity contribution < 1.29 is 23.9 Å². The van der Waals surface area contributed by atoms with E-state index in [-0.39, 0.29) is 11.2 Å². The van der Waals surface area contributed by atoms with Crippen LogP contribution in [0.4, 0.5) is 4.39 Å². The number of hydrogen-bond donors (Lipinski definition) is 1. The quantitative estimate of drug-likeness (QED) is 0.515. The van der Waals surface area contributed by atoms with Crippen LogP contribution in [-0.2, 0) is 16.2 Å². The highest BCUT2D eigenvalue weighted by molar-refractivity contribution is 5.85. The molecule has 1 spiro atoms. The molecular weight excluding hydrogens is 511 g/mol. The van der Waals surface area contributed by atoms with Crippen molar-refractivity contribution in [3.63, 3.8) is 0 Å². The molecular formula is C31H35FN4O4. The molecule has 40 heavy (non-hydrogen) atoms. The number of nitrogens with zero attached hydrogens (tertiary/aromatic N) is 4. The number of likely N-dealkylation sites (tertiary alicyclic amines) is 2. The molecule has 0 amide bonds. The van der Waals surface area contributed by atoms with Gasteiger partial charge in [0.05, 0.1) is 24.0 Å². The van der Waals surface area contributed by atoms with Gasteiger partial charge in [0, 0.05) is 38.3 Å². The third-order valence-corrected chi connectivity index (χ3v) is 8.89. The number of carbonyl (C=O) groups is 1. The highest BCUT2D eigenvalue weighted by atomic mass is 19.1. The lowest BCUT2D eigenvalue weighted by Gasteiger charge is -2.45. The van der Waals surface area contributed by atoms with Gasteiger partial charge in [-0.05, 0) is 80.3 Å². The largest absolute Gasteiger partial charge is 0.493 e. The molecule has 0 unspecified atom stereocenters. The SMILES string of the molecule is CCOc1cc(CN2CC3(CC(N4CCC(C)(C(=O)O)CC4)=NO3)C2)cc(C2CC2)c1-c1ccc(C#N)c(F)c1. The monoisotopic (exact) mass is 546 g/mol. The average Bonchev–Trinajstić information content (AvgIpc) is 3.67. The van der Waals surface area contributed by atoms with Gasteiger partial charge in [0.15, 0.2) is 5.60 Å². The molecule has 3 heterocycles. The number of oxime groups is 1. The molecule has 0 bridgehead atoms. The molecule has 210 valence electrons. The number of rotatable bonds is 7. The molecule has 2 aromatic rings. The maximum atomic E-state index is 14.5. The van der Waals surface area contributed by atoms with E-state index in [1.165, 1.54) is 17.7 Å². The Hall–Kier alpha value is -3.64.